The van der Waals surface area contributed by atoms with Gasteiger partial charge in [0.05, 0.1) is 6.04 Å². The van der Waals surface area contributed by atoms with Crippen molar-refractivity contribution in [2.75, 3.05) is 19.6 Å². The zero-order valence-corrected chi connectivity index (χ0v) is 8.54. The van der Waals surface area contributed by atoms with Gasteiger partial charge in [-0.25, -0.2) is 0 Å². The van der Waals surface area contributed by atoms with E-state index in [0.717, 1.165) is 26.1 Å². The van der Waals surface area contributed by atoms with Crippen molar-refractivity contribution < 1.29 is 4.79 Å². The number of hydrogen-bond acceptors (Lipinski definition) is 2. The molecule has 1 unspecified atom stereocenters. The fourth-order valence-electron chi connectivity index (χ4n) is 2.12. The summed E-state index contributed by atoms with van der Waals surface area (Å²) in [5.41, 5.74) is 0. The van der Waals surface area contributed by atoms with Crippen LogP contribution in [0.25, 0.3) is 0 Å². The predicted octanol–water partition coefficient (Wildman–Crippen LogP) is 0.917. The SMILES string of the molecule is O=C(C1CCCCCN1)N1CC=CC1. The molecule has 1 N–H and O–H groups in total. The van der Waals surface area contributed by atoms with Gasteiger partial charge in [-0.15, -0.1) is 0 Å². The summed E-state index contributed by atoms with van der Waals surface area (Å²) in [4.78, 5) is 13.9. The normalized spacial score (nSPS) is 27.7. The number of amides is 1. The Hall–Kier alpha value is -0.830. The topological polar surface area (TPSA) is 32.3 Å². The molecule has 0 aromatic rings. The maximum absolute atomic E-state index is 12.0. The van der Waals surface area contributed by atoms with E-state index < -0.39 is 0 Å². The molecule has 0 saturated carbocycles. The van der Waals surface area contributed by atoms with Crippen LogP contribution in [0.4, 0.5) is 0 Å². The van der Waals surface area contributed by atoms with Crippen LogP contribution in [0.1, 0.15) is 25.7 Å². The zero-order chi connectivity index (χ0) is 9.80. The maximum Gasteiger partial charge on any atom is 0.240 e. The van der Waals surface area contributed by atoms with Gasteiger partial charge in [-0.2, -0.15) is 0 Å². The van der Waals surface area contributed by atoms with Crippen LogP contribution < -0.4 is 5.32 Å². The lowest BCUT2D eigenvalue weighted by Gasteiger charge is -2.22. The average Bonchev–Trinajstić information content (AvgIpc) is 2.59. The summed E-state index contributed by atoms with van der Waals surface area (Å²) < 4.78 is 0. The van der Waals surface area contributed by atoms with Gasteiger partial charge in [0.1, 0.15) is 0 Å². The average molecular weight is 194 g/mol. The predicted molar refractivity (Wildman–Crippen MR) is 56.0 cm³/mol. The van der Waals surface area contributed by atoms with Crippen LogP contribution in [0.5, 0.6) is 0 Å². The van der Waals surface area contributed by atoms with Crippen LogP contribution in [-0.4, -0.2) is 36.5 Å². The molecule has 14 heavy (non-hydrogen) atoms. The molecule has 2 aliphatic heterocycles. The highest BCUT2D eigenvalue weighted by atomic mass is 16.2. The largest absolute Gasteiger partial charge is 0.334 e. The van der Waals surface area contributed by atoms with E-state index in [9.17, 15) is 4.79 Å². The minimum Gasteiger partial charge on any atom is -0.334 e. The zero-order valence-electron chi connectivity index (χ0n) is 8.54. The minimum atomic E-state index is 0.0809. The third-order valence-corrected chi connectivity index (χ3v) is 2.99. The minimum absolute atomic E-state index is 0.0809. The molecule has 3 nitrogen and oxygen atoms in total. The van der Waals surface area contributed by atoms with Gasteiger partial charge in [0, 0.05) is 13.1 Å². The highest BCUT2D eigenvalue weighted by Crippen LogP contribution is 2.12. The molecule has 2 aliphatic rings. The Morgan fingerprint density at radius 3 is 2.79 bits per heavy atom. The molecule has 0 aromatic heterocycles. The second-order valence-electron chi connectivity index (χ2n) is 4.07. The molecule has 78 valence electrons. The van der Waals surface area contributed by atoms with Crippen molar-refractivity contribution in [3.8, 4) is 0 Å². The van der Waals surface area contributed by atoms with E-state index >= 15 is 0 Å². The molecule has 1 amide bonds. The first kappa shape index (κ1) is 9.71. The number of rotatable bonds is 1. The molecule has 0 aromatic carbocycles. The molecule has 1 saturated heterocycles. The van der Waals surface area contributed by atoms with Crippen LogP contribution in [-0.2, 0) is 4.79 Å². The summed E-state index contributed by atoms with van der Waals surface area (Å²) in [5.74, 6) is 0.289. The third-order valence-electron chi connectivity index (χ3n) is 2.99. The van der Waals surface area contributed by atoms with Crippen molar-refractivity contribution in [2.24, 2.45) is 0 Å². The van der Waals surface area contributed by atoms with Crippen LogP contribution in [0, 0.1) is 0 Å². The molecule has 1 fully saturated rings. The molecule has 0 radical (unpaired) electrons. The van der Waals surface area contributed by atoms with E-state index in [0.29, 0.717) is 0 Å². The van der Waals surface area contributed by atoms with E-state index in [1.54, 1.807) is 0 Å². The Morgan fingerprint density at radius 1 is 1.21 bits per heavy atom. The highest BCUT2D eigenvalue weighted by molar-refractivity contribution is 5.82. The van der Waals surface area contributed by atoms with Gasteiger partial charge >= 0.3 is 0 Å². The summed E-state index contributed by atoms with van der Waals surface area (Å²) in [6.07, 6.45) is 8.79. The molecule has 2 rings (SSSR count). The van der Waals surface area contributed by atoms with E-state index in [2.05, 4.69) is 17.5 Å². The summed E-state index contributed by atoms with van der Waals surface area (Å²) in [6.45, 7) is 2.60. The van der Waals surface area contributed by atoms with Crippen molar-refractivity contribution in [3.63, 3.8) is 0 Å². The van der Waals surface area contributed by atoms with Gasteiger partial charge < -0.3 is 10.2 Å². The highest BCUT2D eigenvalue weighted by Gasteiger charge is 2.24. The molecule has 0 aliphatic carbocycles. The number of nitrogens with zero attached hydrogens (tertiary/aromatic N) is 1. The standard InChI is InChI=1S/C11H18N2O/c14-11(13-8-4-5-9-13)10-6-2-1-3-7-12-10/h4-5,10,12H,1-3,6-9H2. The van der Waals surface area contributed by atoms with E-state index in [1.165, 1.54) is 19.3 Å². The van der Waals surface area contributed by atoms with Gasteiger partial charge in [0.2, 0.25) is 5.91 Å². The first-order chi connectivity index (χ1) is 6.88. The quantitative estimate of drug-likeness (QED) is 0.629. The maximum atomic E-state index is 12.0. The van der Waals surface area contributed by atoms with Crippen molar-refractivity contribution >= 4 is 5.91 Å². The van der Waals surface area contributed by atoms with Gasteiger partial charge in [-0.1, -0.05) is 25.0 Å². The Balaban J connectivity index is 1.88. The number of carbonyl (C=O) groups is 1. The van der Waals surface area contributed by atoms with E-state index in [1.807, 2.05) is 4.90 Å². The van der Waals surface area contributed by atoms with Crippen molar-refractivity contribution in [3.05, 3.63) is 12.2 Å². The molecule has 0 bridgehead atoms. The van der Waals surface area contributed by atoms with Gasteiger partial charge in [-0.3, -0.25) is 4.79 Å². The fraction of sp³-hybridized carbons (Fsp3) is 0.727. The van der Waals surface area contributed by atoms with Crippen molar-refractivity contribution in [2.45, 2.75) is 31.7 Å². The first-order valence-electron chi connectivity index (χ1n) is 5.55. The Labute approximate surface area is 85.2 Å². The fourth-order valence-corrected chi connectivity index (χ4v) is 2.12. The number of nitrogens with one attached hydrogen (secondary N) is 1. The smallest absolute Gasteiger partial charge is 0.240 e. The molecular weight excluding hydrogens is 176 g/mol. The Bertz CT molecular complexity index is 221. The van der Waals surface area contributed by atoms with Crippen LogP contribution >= 0.6 is 0 Å². The summed E-state index contributed by atoms with van der Waals surface area (Å²) in [5, 5.41) is 3.34. The monoisotopic (exact) mass is 194 g/mol. The summed E-state index contributed by atoms with van der Waals surface area (Å²) in [6, 6.07) is 0.0809. The number of carbonyl (C=O) groups excluding carboxylic acids is 1. The number of hydrogen-bond donors (Lipinski definition) is 1. The Kier molecular flexibility index (Phi) is 3.19. The Morgan fingerprint density at radius 2 is 2.00 bits per heavy atom. The van der Waals surface area contributed by atoms with Crippen LogP contribution in [0.3, 0.4) is 0 Å². The second kappa shape index (κ2) is 4.60. The lowest BCUT2D eigenvalue weighted by Crippen LogP contribution is -2.45. The van der Waals surface area contributed by atoms with Gasteiger partial charge in [-0.05, 0) is 19.4 Å². The molecular formula is C11H18N2O. The third kappa shape index (κ3) is 2.15. The summed E-state index contributed by atoms with van der Waals surface area (Å²) in [7, 11) is 0. The van der Waals surface area contributed by atoms with Crippen molar-refractivity contribution in [1.29, 1.82) is 0 Å². The molecule has 2 heterocycles. The van der Waals surface area contributed by atoms with Crippen LogP contribution in [0.15, 0.2) is 12.2 Å². The van der Waals surface area contributed by atoms with Gasteiger partial charge in [0.25, 0.3) is 0 Å². The van der Waals surface area contributed by atoms with E-state index in [4.69, 9.17) is 0 Å². The molecule has 0 spiro atoms. The lowest BCUT2D eigenvalue weighted by atomic mass is 10.1. The van der Waals surface area contributed by atoms with Crippen molar-refractivity contribution in [1.82, 2.24) is 10.2 Å². The summed E-state index contributed by atoms with van der Waals surface area (Å²) >= 11 is 0. The lowest BCUT2D eigenvalue weighted by molar-refractivity contribution is -0.132. The second-order valence-corrected chi connectivity index (χ2v) is 4.07. The molecule has 3 heteroatoms. The van der Waals surface area contributed by atoms with Crippen LogP contribution in [0.2, 0.25) is 0 Å². The molecule has 1 atom stereocenters. The van der Waals surface area contributed by atoms with E-state index in [-0.39, 0.29) is 11.9 Å². The first-order valence-corrected chi connectivity index (χ1v) is 5.55. The van der Waals surface area contributed by atoms with Gasteiger partial charge in [0.15, 0.2) is 0 Å².